The molecular weight excluding hydrogens is 200 g/mol. The van der Waals surface area contributed by atoms with Crippen molar-refractivity contribution in [1.29, 1.82) is 0 Å². The largest absolute Gasteiger partial charge is 0.481 e. The second-order valence-corrected chi connectivity index (χ2v) is 5.69. The Morgan fingerprint density at radius 2 is 2.00 bits per heavy atom. The van der Waals surface area contributed by atoms with Crippen LogP contribution in [0.25, 0.3) is 0 Å². The number of benzene rings is 1. The van der Waals surface area contributed by atoms with Gasteiger partial charge in [-0.15, -0.1) is 0 Å². The summed E-state index contributed by atoms with van der Waals surface area (Å²) in [7, 11) is 0. The van der Waals surface area contributed by atoms with Crippen LogP contribution in [0.4, 0.5) is 0 Å². The Kier molecular flexibility index (Phi) is 1.78. The van der Waals surface area contributed by atoms with E-state index in [2.05, 4.69) is 6.92 Å². The minimum absolute atomic E-state index is 0.300. The second-order valence-electron chi connectivity index (χ2n) is 5.69. The Morgan fingerprint density at radius 3 is 2.50 bits per heavy atom. The molecule has 0 radical (unpaired) electrons. The monoisotopic (exact) mass is 216 g/mol. The average molecular weight is 216 g/mol. The van der Waals surface area contributed by atoms with Gasteiger partial charge in [0.15, 0.2) is 0 Å². The van der Waals surface area contributed by atoms with Gasteiger partial charge in [-0.25, -0.2) is 0 Å². The number of aliphatic carboxylic acids is 1. The van der Waals surface area contributed by atoms with Crippen molar-refractivity contribution >= 4 is 5.97 Å². The molecule has 3 atom stereocenters. The van der Waals surface area contributed by atoms with Gasteiger partial charge in [0.25, 0.3) is 0 Å². The number of hydrogen-bond acceptors (Lipinski definition) is 1. The lowest BCUT2D eigenvalue weighted by Crippen LogP contribution is -2.34. The van der Waals surface area contributed by atoms with Crippen LogP contribution in [0.3, 0.4) is 0 Å². The highest BCUT2D eigenvalue weighted by molar-refractivity contribution is 5.82. The van der Waals surface area contributed by atoms with Crippen LogP contribution in [0.1, 0.15) is 31.7 Å². The van der Waals surface area contributed by atoms with E-state index >= 15 is 0 Å². The number of carboxylic acid groups (broad SMARTS) is 1. The van der Waals surface area contributed by atoms with Gasteiger partial charge in [-0.1, -0.05) is 37.3 Å². The van der Waals surface area contributed by atoms with Gasteiger partial charge in [0, 0.05) is 0 Å². The van der Waals surface area contributed by atoms with Crippen LogP contribution in [0.2, 0.25) is 0 Å². The van der Waals surface area contributed by atoms with Crippen molar-refractivity contribution in [2.75, 3.05) is 0 Å². The van der Waals surface area contributed by atoms with Crippen molar-refractivity contribution in [2.24, 2.45) is 11.3 Å². The molecule has 2 aliphatic rings. The van der Waals surface area contributed by atoms with E-state index in [1.807, 2.05) is 30.3 Å². The molecule has 2 fully saturated rings. The lowest BCUT2D eigenvalue weighted by atomic mass is 9.75. The number of hydrogen-bond donors (Lipinski definition) is 1. The molecule has 0 heterocycles. The van der Waals surface area contributed by atoms with Gasteiger partial charge in [-0.05, 0) is 36.2 Å². The highest BCUT2D eigenvalue weighted by Crippen LogP contribution is 2.69. The Morgan fingerprint density at radius 1 is 1.31 bits per heavy atom. The van der Waals surface area contributed by atoms with Crippen LogP contribution in [0.5, 0.6) is 0 Å². The first-order valence-corrected chi connectivity index (χ1v) is 5.86. The second kappa shape index (κ2) is 2.88. The van der Waals surface area contributed by atoms with Gasteiger partial charge < -0.3 is 5.11 Å². The molecule has 16 heavy (non-hydrogen) atoms. The van der Waals surface area contributed by atoms with Gasteiger partial charge in [0.2, 0.25) is 0 Å². The molecule has 1 N–H and O–H groups in total. The molecule has 2 saturated carbocycles. The van der Waals surface area contributed by atoms with E-state index in [4.69, 9.17) is 0 Å². The van der Waals surface area contributed by atoms with E-state index < -0.39 is 11.4 Å². The normalized spacial score (nSPS) is 40.4. The lowest BCUT2D eigenvalue weighted by molar-refractivity contribution is -0.144. The zero-order chi connectivity index (χ0) is 11.4. The maximum absolute atomic E-state index is 11.6. The zero-order valence-corrected chi connectivity index (χ0v) is 9.44. The van der Waals surface area contributed by atoms with Gasteiger partial charge in [0.1, 0.15) is 0 Å². The van der Waals surface area contributed by atoms with E-state index in [1.54, 1.807) is 0 Å². The molecule has 3 unspecified atom stereocenters. The third-order valence-electron chi connectivity index (χ3n) is 4.57. The van der Waals surface area contributed by atoms with E-state index in [0.29, 0.717) is 11.3 Å². The quantitative estimate of drug-likeness (QED) is 0.825. The summed E-state index contributed by atoms with van der Waals surface area (Å²) in [6.07, 6.45) is 2.85. The highest BCUT2D eigenvalue weighted by Gasteiger charge is 2.65. The fourth-order valence-electron chi connectivity index (χ4n) is 3.48. The fourth-order valence-corrected chi connectivity index (χ4v) is 3.48. The van der Waals surface area contributed by atoms with Crippen LogP contribution in [-0.2, 0) is 10.2 Å². The van der Waals surface area contributed by atoms with E-state index in [1.165, 1.54) is 6.42 Å². The fraction of sp³-hybridized carbons (Fsp3) is 0.500. The molecule has 0 saturated heterocycles. The molecule has 0 amide bonds. The van der Waals surface area contributed by atoms with Gasteiger partial charge in [-0.2, -0.15) is 0 Å². The van der Waals surface area contributed by atoms with Crippen molar-refractivity contribution < 1.29 is 9.90 Å². The van der Waals surface area contributed by atoms with Crippen LogP contribution < -0.4 is 0 Å². The number of rotatable bonds is 2. The zero-order valence-electron chi connectivity index (χ0n) is 9.44. The first-order valence-electron chi connectivity index (χ1n) is 5.86. The molecule has 2 aliphatic carbocycles. The maximum Gasteiger partial charge on any atom is 0.314 e. The molecule has 3 rings (SSSR count). The molecule has 0 bridgehead atoms. The van der Waals surface area contributed by atoms with Gasteiger partial charge in [0.05, 0.1) is 5.41 Å². The van der Waals surface area contributed by atoms with Gasteiger partial charge in [-0.3, -0.25) is 4.79 Å². The first-order chi connectivity index (χ1) is 7.57. The molecule has 2 heteroatoms. The van der Waals surface area contributed by atoms with Crippen molar-refractivity contribution in [2.45, 2.75) is 31.6 Å². The number of carbonyl (C=O) groups is 1. The first kappa shape index (κ1) is 9.88. The smallest absolute Gasteiger partial charge is 0.314 e. The van der Waals surface area contributed by atoms with Crippen molar-refractivity contribution in [1.82, 2.24) is 0 Å². The van der Waals surface area contributed by atoms with Crippen molar-refractivity contribution in [3.05, 3.63) is 35.9 Å². The molecular formula is C14H16O2. The van der Waals surface area contributed by atoms with Crippen LogP contribution in [-0.4, -0.2) is 11.1 Å². The lowest BCUT2D eigenvalue weighted by Gasteiger charge is -2.27. The summed E-state index contributed by atoms with van der Waals surface area (Å²) in [5, 5.41) is 9.57. The third kappa shape index (κ3) is 1.16. The summed E-state index contributed by atoms with van der Waals surface area (Å²) in [5.74, 6) is -0.0177. The summed E-state index contributed by atoms with van der Waals surface area (Å²) < 4.78 is 0. The molecule has 1 aromatic rings. The molecule has 2 nitrogen and oxygen atoms in total. The molecule has 0 aromatic heterocycles. The van der Waals surface area contributed by atoms with Crippen LogP contribution in [0.15, 0.2) is 30.3 Å². The van der Waals surface area contributed by atoms with Crippen LogP contribution >= 0.6 is 0 Å². The predicted molar refractivity (Wildman–Crippen MR) is 61.2 cm³/mol. The Hall–Kier alpha value is -1.31. The Balaban J connectivity index is 2.03. The average Bonchev–Trinajstić information content (AvgIpc) is 2.78. The minimum Gasteiger partial charge on any atom is -0.481 e. The summed E-state index contributed by atoms with van der Waals surface area (Å²) in [5.41, 5.74) is 0.670. The Labute approximate surface area is 95.3 Å². The topological polar surface area (TPSA) is 37.3 Å². The SMILES string of the molecule is CC12CC1CC(C(=O)O)(c1ccccc1)C2. The molecule has 0 aliphatic heterocycles. The Bertz CT molecular complexity index is 439. The van der Waals surface area contributed by atoms with Crippen molar-refractivity contribution in [3.63, 3.8) is 0 Å². The maximum atomic E-state index is 11.6. The summed E-state index contributed by atoms with van der Waals surface area (Å²) in [4.78, 5) is 11.6. The third-order valence-corrected chi connectivity index (χ3v) is 4.57. The summed E-state index contributed by atoms with van der Waals surface area (Å²) >= 11 is 0. The molecule has 1 aromatic carbocycles. The number of carboxylic acids is 1. The summed E-state index contributed by atoms with van der Waals surface area (Å²) in [6, 6.07) is 9.74. The number of fused-ring (bicyclic) bond motifs is 1. The summed E-state index contributed by atoms with van der Waals surface area (Å²) in [6.45, 7) is 2.23. The molecule has 0 spiro atoms. The van der Waals surface area contributed by atoms with Gasteiger partial charge >= 0.3 is 5.97 Å². The van der Waals surface area contributed by atoms with Crippen LogP contribution in [0, 0.1) is 11.3 Å². The van der Waals surface area contributed by atoms with E-state index in [-0.39, 0.29) is 0 Å². The highest BCUT2D eigenvalue weighted by atomic mass is 16.4. The minimum atomic E-state index is -0.646. The molecule has 84 valence electrons. The van der Waals surface area contributed by atoms with E-state index in [0.717, 1.165) is 18.4 Å². The van der Waals surface area contributed by atoms with E-state index in [9.17, 15) is 9.90 Å². The van der Waals surface area contributed by atoms with Crippen molar-refractivity contribution in [3.8, 4) is 0 Å². The predicted octanol–water partition coefficient (Wildman–Crippen LogP) is 2.83. The standard InChI is InChI=1S/C14H16O2/c1-13-7-11(13)8-14(9-13,12(15)16)10-5-3-2-4-6-10/h2-6,11H,7-9H2,1H3,(H,15,16).